The number of fused-ring (bicyclic) bond motifs is 3. The molecule has 2 nitrogen and oxygen atoms in total. The van der Waals surface area contributed by atoms with Gasteiger partial charge in [-0.1, -0.05) is 37.3 Å². The highest BCUT2D eigenvalue weighted by Gasteiger charge is 2.23. The number of nitrogens with zero attached hydrogens (tertiary/aromatic N) is 1. The quantitative estimate of drug-likeness (QED) is 0.388. The molecule has 3 heteroatoms. The molecule has 4 aromatic rings. The lowest BCUT2D eigenvalue weighted by molar-refractivity contribution is 0.415. The number of hydrogen-bond acceptors (Lipinski definition) is 3. The number of benzene rings is 2. The van der Waals surface area contributed by atoms with E-state index in [4.69, 9.17) is 9.72 Å². The Labute approximate surface area is 169 Å². The fourth-order valence-corrected chi connectivity index (χ4v) is 5.61. The lowest BCUT2D eigenvalue weighted by Gasteiger charge is -2.18. The topological polar surface area (TPSA) is 22.1 Å². The number of aryl methyl sites for hydroxylation is 1. The van der Waals surface area contributed by atoms with Crippen LogP contribution in [-0.2, 0) is 12.8 Å². The normalized spacial score (nSPS) is 16.1. The zero-order chi connectivity index (χ0) is 19.1. The van der Waals surface area contributed by atoms with Crippen molar-refractivity contribution < 1.29 is 4.74 Å². The molecule has 0 radical (unpaired) electrons. The molecule has 1 atom stereocenters. The second-order valence-electron chi connectivity index (χ2n) is 7.68. The molecule has 0 N–H and O–H groups in total. The fourth-order valence-electron chi connectivity index (χ4n) is 4.20. The average Bonchev–Trinajstić information content (AvgIpc) is 3.11. The van der Waals surface area contributed by atoms with Gasteiger partial charge >= 0.3 is 0 Å². The van der Waals surface area contributed by atoms with Crippen LogP contribution < -0.4 is 4.74 Å². The minimum absolute atomic E-state index is 0.766. The van der Waals surface area contributed by atoms with E-state index in [2.05, 4.69) is 55.5 Å². The van der Waals surface area contributed by atoms with Gasteiger partial charge in [-0.3, -0.25) is 0 Å². The van der Waals surface area contributed by atoms with Crippen LogP contribution in [0.1, 0.15) is 23.8 Å². The smallest absolute Gasteiger partial charge is 0.125 e. The number of hydrogen-bond donors (Lipinski definition) is 0. The molecule has 1 aliphatic rings. The van der Waals surface area contributed by atoms with Crippen LogP contribution in [0.5, 0.6) is 5.75 Å². The summed E-state index contributed by atoms with van der Waals surface area (Å²) in [7, 11) is 1.70. The third-order valence-electron chi connectivity index (χ3n) is 5.74. The molecule has 140 valence electrons. The van der Waals surface area contributed by atoms with E-state index >= 15 is 0 Å². The van der Waals surface area contributed by atoms with Gasteiger partial charge in [0.1, 0.15) is 10.6 Å². The molecule has 0 saturated carbocycles. The second-order valence-corrected chi connectivity index (χ2v) is 8.77. The Morgan fingerprint density at radius 3 is 2.54 bits per heavy atom. The summed E-state index contributed by atoms with van der Waals surface area (Å²) in [5.74, 6) is 1.63. The zero-order valence-electron chi connectivity index (χ0n) is 16.2. The minimum Gasteiger partial charge on any atom is -0.497 e. The molecule has 1 unspecified atom stereocenters. The molecule has 28 heavy (non-hydrogen) atoms. The number of rotatable bonds is 3. The molecule has 5 rings (SSSR count). The van der Waals surface area contributed by atoms with Crippen LogP contribution in [0, 0.1) is 5.92 Å². The van der Waals surface area contributed by atoms with Crippen molar-refractivity contribution in [2.75, 3.05) is 7.11 Å². The van der Waals surface area contributed by atoms with E-state index in [0.717, 1.165) is 22.9 Å². The molecular formula is C25H23NOS. The fraction of sp³-hybridized carbons (Fsp3) is 0.240. The summed E-state index contributed by atoms with van der Waals surface area (Å²) in [5, 5.41) is 1.37. The van der Waals surface area contributed by atoms with Crippen LogP contribution >= 0.6 is 11.3 Å². The maximum atomic E-state index is 5.32. The summed E-state index contributed by atoms with van der Waals surface area (Å²) in [6.07, 6.45) is 3.62. The van der Waals surface area contributed by atoms with E-state index in [9.17, 15) is 0 Å². The second kappa shape index (κ2) is 7.06. The number of ether oxygens (including phenoxy) is 1. The number of pyridine rings is 1. The number of methoxy groups -OCH3 is 1. The minimum atomic E-state index is 0.766. The Morgan fingerprint density at radius 2 is 1.79 bits per heavy atom. The molecule has 0 saturated heterocycles. The Morgan fingerprint density at radius 1 is 1.00 bits per heavy atom. The Balaban J connectivity index is 1.75. The van der Waals surface area contributed by atoms with E-state index in [1.54, 1.807) is 7.11 Å². The van der Waals surface area contributed by atoms with Crippen molar-refractivity contribution in [2.45, 2.75) is 26.2 Å². The summed E-state index contributed by atoms with van der Waals surface area (Å²) >= 11 is 1.89. The molecule has 0 spiro atoms. The van der Waals surface area contributed by atoms with Crippen LogP contribution in [0.25, 0.3) is 32.6 Å². The summed E-state index contributed by atoms with van der Waals surface area (Å²) in [6, 6.07) is 21.2. The van der Waals surface area contributed by atoms with E-state index in [1.807, 2.05) is 23.5 Å². The monoisotopic (exact) mass is 385 g/mol. The standard InChI is InChI=1S/C25H23NOS/c1-16-8-13-20-23(14-16)28-25-24(20)21(17-6-4-3-5-7-17)15-22(26-25)18-9-11-19(27-2)12-10-18/h3-7,9-12,15-16H,8,13-14H2,1-2H3. The van der Waals surface area contributed by atoms with Crippen LogP contribution in [0.15, 0.2) is 60.7 Å². The highest BCUT2D eigenvalue weighted by molar-refractivity contribution is 7.19. The third-order valence-corrected chi connectivity index (χ3v) is 6.88. The van der Waals surface area contributed by atoms with Crippen molar-refractivity contribution in [3.05, 3.63) is 71.1 Å². The van der Waals surface area contributed by atoms with Crippen LogP contribution in [-0.4, -0.2) is 12.1 Å². The molecule has 0 amide bonds. The van der Waals surface area contributed by atoms with Crippen molar-refractivity contribution in [3.8, 4) is 28.1 Å². The van der Waals surface area contributed by atoms with Gasteiger partial charge in [0, 0.05) is 15.8 Å². The molecule has 2 heterocycles. The Hall–Kier alpha value is -2.65. The molecule has 2 aromatic heterocycles. The molecular weight excluding hydrogens is 362 g/mol. The van der Waals surface area contributed by atoms with Gasteiger partial charge in [0.15, 0.2) is 0 Å². The maximum Gasteiger partial charge on any atom is 0.125 e. The first-order valence-electron chi connectivity index (χ1n) is 9.88. The van der Waals surface area contributed by atoms with Crippen LogP contribution in [0.3, 0.4) is 0 Å². The number of thiophene rings is 1. The molecule has 0 bridgehead atoms. The summed E-state index contributed by atoms with van der Waals surface area (Å²) in [6.45, 7) is 2.36. The van der Waals surface area contributed by atoms with Gasteiger partial charge in [0.25, 0.3) is 0 Å². The lowest BCUT2D eigenvalue weighted by atomic mass is 9.87. The SMILES string of the molecule is COc1ccc(-c2cc(-c3ccccc3)c3c4c(sc3n2)CC(C)CC4)cc1. The molecule has 0 fully saturated rings. The molecule has 0 aliphatic heterocycles. The highest BCUT2D eigenvalue weighted by Crippen LogP contribution is 2.43. The van der Waals surface area contributed by atoms with Crippen molar-refractivity contribution in [2.24, 2.45) is 5.92 Å². The summed E-state index contributed by atoms with van der Waals surface area (Å²) < 4.78 is 5.32. The molecule has 1 aliphatic carbocycles. The third kappa shape index (κ3) is 3.00. The predicted octanol–water partition coefficient (Wildman–Crippen LogP) is 6.76. The first kappa shape index (κ1) is 17.4. The predicted molar refractivity (Wildman–Crippen MR) is 118 cm³/mol. The molecule has 2 aromatic carbocycles. The Kier molecular flexibility index (Phi) is 4.40. The van der Waals surface area contributed by atoms with Crippen molar-refractivity contribution >= 4 is 21.6 Å². The van der Waals surface area contributed by atoms with Gasteiger partial charge in [-0.05, 0) is 72.2 Å². The highest BCUT2D eigenvalue weighted by atomic mass is 32.1. The average molecular weight is 386 g/mol. The lowest BCUT2D eigenvalue weighted by Crippen LogP contribution is -2.08. The van der Waals surface area contributed by atoms with E-state index in [-0.39, 0.29) is 0 Å². The first-order chi connectivity index (χ1) is 13.7. The van der Waals surface area contributed by atoms with Gasteiger partial charge in [0.2, 0.25) is 0 Å². The van der Waals surface area contributed by atoms with Crippen molar-refractivity contribution in [1.29, 1.82) is 0 Å². The van der Waals surface area contributed by atoms with Crippen molar-refractivity contribution in [3.63, 3.8) is 0 Å². The first-order valence-corrected chi connectivity index (χ1v) is 10.7. The van der Waals surface area contributed by atoms with Gasteiger partial charge in [-0.25, -0.2) is 4.98 Å². The van der Waals surface area contributed by atoms with Crippen molar-refractivity contribution in [1.82, 2.24) is 4.98 Å². The van der Waals surface area contributed by atoms with E-state index in [1.165, 1.54) is 51.0 Å². The van der Waals surface area contributed by atoms with Crippen LogP contribution in [0.2, 0.25) is 0 Å². The number of aromatic nitrogens is 1. The van der Waals surface area contributed by atoms with Gasteiger partial charge < -0.3 is 4.74 Å². The van der Waals surface area contributed by atoms with E-state index in [0.29, 0.717) is 0 Å². The van der Waals surface area contributed by atoms with Gasteiger partial charge in [-0.15, -0.1) is 11.3 Å². The van der Waals surface area contributed by atoms with Crippen LogP contribution in [0.4, 0.5) is 0 Å². The maximum absolute atomic E-state index is 5.32. The summed E-state index contributed by atoms with van der Waals surface area (Å²) in [4.78, 5) is 7.80. The van der Waals surface area contributed by atoms with E-state index < -0.39 is 0 Å². The van der Waals surface area contributed by atoms with Gasteiger partial charge in [0.05, 0.1) is 12.8 Å². The largest absolute Gasteiger partial charge is 0.497 e. The Bertz CT molecular complexity index is 1130. The zero-order valence-corrected chi connectivity index (χ0v) is 17.1. The van der Waals surface area contributed by atoms with Gasteiger partial charge in [-0.2, -0.15) is 0 Å². The summed E-state index contributed by atoms with van der Waals surface area (Å²) in [5.41, 5.74) is 6.26.